The summed E-state index contributed by atoms with van der Waals surface area (Å²) >= 11 is 0. The fourth-order valence-corrected chi connectivity index (χ4v) is 1.18. The predicted molar refractivity (Wildman–Crippen MR) is 53.7 cm³/mol. The zero-order valence-electron chi connectivity index (χ0n) is 8.26. The molecule has 0 amide bonds. The molecular weight excluding hydrogens is 238 g/mol. The van der Waals surface area contributed by atoms with Crippen molar-refractivity contribution in [1.82, 2.24) is 4.90 Å². The number of halogens is 1. The van der Waals surface area contributed by atoms with Gasteiger partial charge >= 0.3 is 23.1 Å². The van der Waals surface area contributed by atoms with Gasteiger partial charge in [-0.1, -0.05) is 5.70 Å². The Balaban J connectivity index is 0. The van der Waals surface area contributed by atoms with Crippen LogP contribution in [0.25, 0.3) is 0 Å². The summed E-state index contributed by atoms with van der Waals surface area (Å²) in [7, 11) is 0. The van der Waals surface area contributed by atoms with Crippen LogP contribution in [0.4, 0.5) is 0 Å². The van der Waals surface area contributed by atoms with Crippen molar-refractivity contribution < 1.29 is 17.0 Å². The minimum atomic E-state index is 0. The number of rotatable bonds is 3. The Bertz CT molecular complexity index is 213. The van der Waals surface area contributed by atoms with E-state index in [9.17, 15) is 0 Å². The summed E-state index contributed by atoms with van der Waals surface area (Å²) in [4.78, 5) is 2.31. The van der Waals surface area contributed by atoms with E-state index in [0.717, 1.165) is 13.1 Å². The topological polar surface area (TPSA) is 3.24 Å². The molecule has 0 radical (unpaired) electrons. The minimum Gasteiger partial charge on any atom is -1.00 e. The molecule has 1 aliphatic rings. The quantitative estimate of drug-likeness (QED) is 0.345. The van der Waals surface area contributed by atoms with Crippen LogP contribution in [0.1, 0.15) is 13.8 Å². The molecule has 0 saturated heterocycles. The maximum absolute atomic E-state index is 3.01. The molecule has 0 N–H and O–H groups in total. The molecule has 1 aliphatic carbocycles. The van der Waals surface area contributed by atoms with Crippen LogP contribution in [0.2, 0.25) is 0 Å². The van der Waals surface area contributed by atoms with Crippen LogP contribution in [0.15, 0.2) is 29.7 Å². The van der Waals surface area contributed by atoms with Crippen LogP contribution in [0.5, 0.6) is 0 Å². The van der Waals surface area contributed by atoms with Gasteiger partial charge in [-0.3, -0.25) is 5.73 Å². The maximum Gasteiger partial charge on any atom is 2.00 e. The van der Waals surface area contributed by atoms with Gasteiger partial charge in [-0.15, -0.1) is 24.6 Å². The molecule has 0 aliphatic heterocycles. The fourth-order valence-electron chi connectivity index (χ4n) is 1.18. The third kappa shape index (κ3) is 4.82. The molecule has 1 rings (SSSR count). The van der Waals surface area contributed by atoms with Gasteiger partial charge in [-0.05, 0) is 13.8 Å². The Hall–Kier alpha value is 0.176. The summed E-state index contributed by atoms with van der Waals surface area (Å²) < 4.78 is 0. The molecule has 13 heavy (non-hydrogen) atoms. The van der Waals surface area contributed by atoms with Gasteiger partial charge in [-0.25, -0.2) is 0 Å². The predicted octanol–water partition coefficient (Wildman–Crippen LogP) is -1.24. The zero-order chi connectivity index (χ0) is 8.10. The molecule has 0 spiro atoms. The Labute approximate surface area is 107 Å². The van der Waals surface area contributed by atoms with Crippen LogP contribution >= 0.6 is 0 Å². The molecule has 0 heterocycles. The average molecular weight is 252 g/mol. The molecule has 0 saturated carbocycles. The molecule has 0 fully saturated rings. The second kappa shape index (κ2) is 8.76. The van der Waals surface area contributed by atoms with E-state index in [-0.39, 0.29) is 40.0 Å². The van der Waals surface area contributed by atoms with Crippen molar-refractivity contribution in [2.75, 3.05) is 13.1 Å². The number of hydrogen-bond acceptors (Lipinski definition) is 1. The van der Waals surface area contributed by atoms with Crippen LogP contribution in [-0.2, 0) is 0 Å². The summed E-state index contributed by atoms with van der Waals surface area (Å²) in [6.45, 7) is 6.47. The average Bonchev–Trinajstić information content (AvgIpc) is 2.09. The van der Waals surface area contributed by atoms with Gasteiger partial charge in [0.1, 0.15) is 0 Å². The molecule has 3 heteroatoms. The molecule has 0 unspecified atom stereocenters. The van der Waals surface area contributed by atoms with Crippen LogP contribution in [0.3, 0.4) is 0 Å². The fraction of sp³-hybridized carbons (Fsp3) is 0.400. The van der Waals surface area contributed by atoms with Crippen molar-refractivity contribution in [2.45, 2.75) is 13.8 Å². The Morgan fingerprint density at radius 3 is 2.38 bits per heavy atom. The van der Waals surface area contributed by atoms with Crippen LogP contribution in [-0.4, -0.2) is 41.0 Å². The van der Waals surface area contributed by atoms with E-state index < -0.39 is 0 Å². The zero-order valence-corrected chi connectivity index (χ0v) is 11.3. The maximum atomic E-state index is 3.01. The van der Waals surface area contributed by atoms with Gasteiger partial charge in [0.2, 0.25) is 0 Å². The monoisotopic (exact) mass is 251 g/mol. The van der Waals surface area contributed by atoms with E-state index in [2.05, 4.69) is 37.0 Å². The smallest absolute Gasteiger partial charge is 1.00 e. The van der Waals surface area contributed by atoms with E-state index >= 15 is 0 Å². The summed E-state index contributed by atoms with van der Waals surface area (Å²) in [5, 5.41) is 0. The van der Waals surface area contributed by atoms with Gasteiger partial charge in [-0.2, -0.15) is 0 Å². The molecule has 0 atom stereocenters. The normalized spacial score (nSPS) is 12.0. The van der Waals surface area contributed by atoms with Gasteiger partial charge in [0.25, 0.3) is 0 Å². The first-order chi connectivity index (χ1) is 5.38. The Morgan fingerprint density at radius 1 is 1.38 bits per heavy atom. The van der Waals surface area contributed by atoms with Crippen molar-refractivity contribution in [3.8, 4) is 0 Å². The summed E-state index contributed by atoms with van der Waals surface area (Å²) in [6, 6.07) is 0. The molecule has 0 bridgehead atoms. The van der Waals surface area contributed by atoms with Gasteiger partial charge in [0.15, 0.2) is 0 Å². The second-order valence-electron chi connectivity index (χ2n) is 2.43. The number of allylic oxidation sites excluding steroid dienone is 2. The third-order valence-electron chi connectivity index (χ3n) is 1.83. The van der Waals surface area contributed by atoms with Crippen molar-refractivity contribution in [2.24, 2.45) is 0 Å². The van der Waals surface area contributed by atoms with E-state index in [1.54, 1.807) is 0 Å². The van der Waals surface area contributed by atoms with Crippen LogP contribution in [0, 0.1) is 6.42 Å². The van der Waals surface area contributed by atoms with Crippen molar-refractivity contribution in [3.63, 3.8) is 0 Å². The van der Waals surface area contributed by atoms with Gasteiger partial charge in [0, 0.05) is 13.1 Å². The van der Waals surface area contributed by atoms with Gasteiger partial charge < -0.3 is 21.9 Å². The summed E-state index contributed by atoms with van der Waals surface area (Å²) in [5.74, 6) is 0. The van der Waals surface area contributed by atoms with Crippen molar-refractivity contribution in [3.05, 3.63) is 36.1 Å². The standard InChI is InChI=1S/C10H14N.BrH.Mg/c1-3-11(4-2)10-8-6-5-7-9-10;;/h6-9H,3-4H2,1-2H3;1H;/q-1;;+2/p-1. The van der Waals surface area contributed by atoms with Crippen molar-refractivity contribution in [1.29, 1.82) is 0 Å². The van der Waals surface area contributed by atoms with Crippen LogP contribution < -0.4 is 17.0 Å². The molecule has 0 aromatic rings. The largest absolute Gasteiger partial charge is 2.00 e. The first-order valence-electron chi connectivity index (χ1n) is 4.09. The summed E-state index contributed by atoms with van der Waals surface area (Å²) in [6.07, 6.45) is 8.08. The number of nitrogens with zero attached hydrogens (tertiary/aromatic N) is 1. The molecular formula is C10H14BrMgN. The number of hydrogen-bond donors (Lipinski definition) is 0. The van der Waals surface area contributed by atoms with Crippen molar-refractivity contribution >= 4 is 23.1 Å². The first kappa shape index (κ1) is 15.6. The minimum absolute atomic E-state index is 0. The Morgan fingerprint density at radius 2 is 2.00 bits per heavy atom. The van der Waals surface area contributed by atoms with E-state index in [1.807, 2.05) is 12.2 Å². The van der Waals surface area contributed by atoms with E-state index in [1.165, 1.54) is 5.70 Å². The molecule has 1 nitrogen and oxygen atoms in total. The van der Waals surface area contributed by atoms with Gasteiger partial charge in [0.05, 0.1) is 0 Å². The first-order valence-corrected chi connectivity index (χ1v) is 4.09. The SMILES string of the molecule is CCN(CC)C1=CC=C=C[CH-]1.[Br-].[Mg+2]. The van der Waals surface area contributed by atoms with E-state index in [0.29, 0.717) is 0 Å². The molecule has 68 valence electrons. The second-order valence-corrected chi connectivity index (χ2v) is 2.43. The molecule has 0 aromatic heterocycles. The third-order valence-corrected chi connectivity index (χ3v) is 1.83. The molecule has 0 aromatic carbocycles. The van der Waals surface area contributed by atoms with E-state index in [4.69, 9.17) is 0 Å². The summed E-state index contributed by atoms with van der Waals surface area (Å²) in [5.41, 5.74) is 4.30. The Kier molecular flexibility index (Phi) is 10.5.